The van der Waals surface area contributed by atoms with Gasteiger partial charge in [-0.3, -0.25) is 0 Å². The van der Waals surface area contributed by atoms with E-state index in [9.17, 15) is 0 Å². The molecule has 1 unspecified atom stereocenters. The SMILES string of the molecule is Cc1ccc(C(C)(C)CNCC(C#N)C(C)C)cc1. The third kappa shape index (κ3) is 4.69. The van der Waals surface area contributed by atoms with E-state index in [0.717, 1.165) is 13.1 Å². The first kappa shape index (κ1) is 15.7. The largest absolute Gasteiger partial charge is 0.315 e. The molecule has 1 rings (SSSR count). The molecule has 0 saturated carbocycles. The van der Waals surface area contributed by atoms with Crippen molar-refractivity contribution in [2.45, 2.75) is 40.0 Å². The summed E-state index contributed by atoms with van der Waals surface area (Å²) < 4.78 is 0. The Balaban J connectivity index is 2.56. The highest BCUT2D eigenvalue weighted by Gasteiger charge is 2.21. The maximum atomic E-state index is 9.08. The Bertz CT molecular complexity index is 424. The average Bonchev–Trinajstić information content (AvgIpc) is 2.34. The van der Waals surface area contributed by atoms with Crippen molar-refractivity contribution < 1.29 is 0 Å². The molecule has 0 aromatic heterocycles. The van der Waals surface area contributed by atoms with Crippen LogP contribution in [0.2, 0.25) is 0 Å². The minimum atomic E-state index is 0.0880. The second-order valence-electron chi connectivity index (χ2n) is 6.36. The fourth-order valence-electron chi connectivity index (χ4n) is 2.08. The first-order valence-corrected chi connectivity index (χ1v) is 7.04. The van der Waals surface area contributed by atoms with Gasteiger partial charge in [0.2, 0.25) is 0 Å². The summed E-state index contributed by atoms with van der Waals surface area (Å²) in [5.41, 5.74) is 2.71. The van der Waals surface area contributed by atoms with E-state index in [-0.39, 0.29) is 11.3 Å². The van der Waals surface area contributed by atoms with Crippen molar-refractivity contribution in [1.29, 1.82) is 5.26 Å². The molecule has 1 aromatic rings. The van der Waals surface area contributed by atoms with E-state index in [0.29, 0.717) is 5.92 Å². The summed E-state index contributed by atoms with van der Waals surface area (Å²) in [7, 11) is 0. The van der Waals surface area contributed by atoms with Crippen molar-refractivity contribution in [3.8, 4) is 6.07 Å². The Kier molecular flexibility index (Phi) is 5.57. The van der Waals surface area contributed by atoms with Gasteiger partial charge in [0.25, 0.3) is 0 Å². The number of aryl methyl sites for hydroxylation is 1. The summed E-state index contributed by atoms with van der Waals surface area (Å²) in [6.07, 6.45) is 0. The maximum absolute atomic E-state index is 9.08. The van der Waals surface area contributed by atoms with Crippen LogP contribution < -0.4 is 5.32 Å². The van der Waals surface area contributed by atoms with Crippen LogP contribution in [0.25, 0.3) is 0 Å². The molecular weight excluding hydrogens is 232 g/mol. The minimum Gasteiger partial charge on any atom is -0.315 e. The average molecular weight is 258 g/mol. The molecule has 1 atom stereocenters. The molecule has 0 saturated heterocycles. The normalized spacial score (nSPS) is 13.3. The van der Waals surface area contributed by atoms with E-state index in [1.807, 2.05) is 0 Å². The van der Waals surface area contributed by atoms with Gasteiger partial charge in [0, 0.05) is 18.5 Å². The third-order valence-electron chi connectivity index (χ3n) is 3.73. The topological polar surface area (TPSA) is 35.8 Å². The highest BCUT2D eigenvalue weighted by Crippen LogP contribution is 2.22. The summed E-state index contributed by atoms with van der Waals surface area (Å²) in [5, 5.41) is 12.5. The van der Waals surface area contributed by atoms with Crippen molar-refractivity contribution in [1.82, 2.24) is 5.32 Å². The molecule has 0 aliphatic heterocycles. The second kappa shape index (κ2) is 6.73. The lowest BCUT2D eigenvalue weighted by molar-refractivity contribution is 0.402. The van der Waals surface area contributed by atoms with Gasteiger partial charge in [0.1, 0.15) is 0 Å². The molecule has 0 bridgehead atoms. The minimum absolute atomic E-state index is 0.0880. The van der Waals surface area contributed by atoms with Crippen molar-refractivity contribution in [3.63, 3.8) is 0 Å². The number of benzene rings is 1. The Morgan fingerprint density at radius 1 is 1.21 bits per heavy atom. The van der Waals surface area contributed by atoms with Gasteiger partial charge in [-0.05, 0) is 18.4 Å². The van der Waals surface area contributed by atoms with E-state index in [2.05, 4.69) is 70.3 Å². The van der Waals surface area contributed by atoms with E-state index in [1.165, 1.54) is 11.1 Å². The first-order chi connectivity index (χ1) is 8.86. The Morgan fingerprint density at radius 2 is 1.79 bits per heavy atom. The summed E-state index contributed by atoms with van der Waals surface area (Å²) in [4.78, 5) is 0. The molecule has 0 radical (unpaired) electrons. The molecule has 0 fully saturated rings. The molecule has 0 aliphatic rings. The number of hydrogen-bond acceptors (Lipinski definition) is 2. The molecule has 0 aliphatic carbocycles. The zero-order chi connectivity index (χ0) is 14.5. The van der Waals surface area contributed by atoms with Gasteiger partial charge < -0.3 is 5.32 Å². The molecule has 1 aromatic carbocycles. The van der Waals surface area contributed by atoms with Crippen molar-refractivity contribution in [2.75, 3.05) is 13.1 Å². The zero-order valence-corrected chi connectivity index (χ0v) is 12.8. The number of nitriles is 1. The molecule has 1 N–H and O–H groups in total. The fourth-order valence-corrected chi connectivity index (χ4v) is 2.08. The molecule has 0 amide bonds. The van der Waals surface area contributed by atoms with Gasteiger partial charge in [0.15, 0.2) is 0 Å². The van der Waals surface area contributed by atoms with Gasteiger partial charge in [-0.15, -0.1) is 0 Å². The van der Waals surface area contributed by atoms with Gasteiger partial charge in [-0.2, -0.15) is 5.26 Å². The molecule has 19 heavy (non-hydrogen) atoms. The quantitative estimate of drug-likeness (QED) is 0.845. The highest BCUT2D eigenvalue weighted by molar-refractivity contribution is 5.27. The van der Waals surface area contributed by atoms with Crippen LogP contribution in [0.5, 0.6) is 0 Å². The summed E-state index contributed by atoms with van der Waals surface area (Å²) >= 11 is 0. The first-order valence-electron chi connectivity index (χ1n) is 7.04. The van der Waals surface area contributed by atoms with Crippen molar-refractivity contribution >= 4 is 0 Å². The van der Waals surface area contributed by atoms with Crippen LogP contribution in [0.15, 0.2) is 24.3 Å². The van der Waals surface area contributed by atoms with Crippen LogP contribution >= 0.6 is 0 Å². The van der Waals surface area contributed by atoms with Gasteiger partial charge >= 0.3 is 0 Å². The van der Waals surface area contributed by atoms with Crippen LogP contribution in [-0.4, -0.2) is 13.1 Å². The van der Waals surface area contributed by atoms with E-state index in [4.69, 9.17) is 5.26 Å². The molecule has 0 spiro atoms. The standard InChI is InChI=1S/C17H26N2/c1-13(2)15(10-18)11-19-12-17(4,5)16-8-6-14(3)7-9-16/h6-9,13,15,19H,11-12H2,1-5H3. The van der Waals surface area contributed by atoms with E-state index in [1.54, 1.807) is 0 Å². The summed E-state index contributed by atoms with van der Waals surface area (Å²) in [5.74, 6) is 0.494. The van der Waals surface area contributed by atoms with Gasteiger partial charge in [-0.1, -0.05) is 57.5 Å². The lowest BCUT2D eigenvalue weighted by Gasteiger charge is -2.27. The lowest BCUT2D eigenvalue weighted by atomic mass is 9.84. The van der Waals surface area contributed by atoms with E-state index >= 15 is 0 Å². The van der Waals surface area contributed by atoms with Crippen LogP contribution in [0.1, 0.15) is 38.8 Å². The second-order valence-corrected chi connectivity index (χ2v) is 6.36. The summed E-state index contributed by atoms with van der Waals surface area (Å²) in [6.45, 7) is 12.4. The van der Waals surface area contributed by atoms with E-state index < -0.39 is 0 Å². The fraction of sp³-hybridized carbons (Fsp3) is 0.588. The molecular formula is C17H26N2. The number of rotatable bonds is 6. The Morgan fingerprint density at radius 3 is 2.26 bits per heavy atom. The van der Waals surface area contributed by atoms with Crippen LogP contribution in [-0.2, 0) is 5.41 Å². The number of nitrogens with zero attached hydrogens (tertiary/aromatic N) is 1. The molecule has 2 nitrogen and oxygen atoms in total. The maximum Gasteiger partial charge on any atom is 0.0671 e. The van der Waals surface area contributed by atoms with Gasteiger partial charge in [0.05, 0.1) is 12.0 Å². The smallest absolute Gasteiger partial charge is 0.0671 e. The zero-order valence-electron chi connectivity index (χ0n) is 12.8. The van der Waals surface area contributed by atoms with Crippen LogP contribution in [0.3, 0.4) is 0 Å². The number of nitrogens with one attached hydrogen (secondary N) is 1. The summed E-state index contributed by atoms with van der Waals surface area (Å²) in [6, 6.07) is 11.1. The van der Waals surface area contributed by atoms with Crippen molar-refractivity contribution in [2.24, 2.45) is 11.8 Å². The van der Waals surface area contributed by atoms with Crippen LogP contribution in [0.4, 0.5) is 0 Å². The third-order valence-corrected chi connectivity index (χ3v) is 3.73. The molecule has 0 heterocycles. The molecule has 2 heteroatoms. The predicted octanol–water partition coefficient (Wildman–Crippen LogP) is 3.66. The molecule has 104 valence electrons. The highest BCUT2D eigenvalue weighted by atomic mass is 14.9. The van der Waals surface area contributed by atoms with Crippen molar-refractivity contribution in [3.05, 3.63) is 35.4 Å². The number of hydrogen-bond donors (Lipinski definition) is 1. The predicted molar refractivity (Wildman–Crippen MR) is 81.0 cm³/mol. The van der Waals surface area contributed by atoms with Gasteiger partial charge in [-0.25, -0.2) is 0 Å². The Labute approximate surface area is 117 Å². The monoisotopic (exact) mass is 258 g/mol. The Hall–Kier alpha value is -1.33. The lowest BCUT2D eigenvalue weighted by Crippen LogP contribution is -2.36. The van der Waals surface area contributed by atoms with Crippen LogP contribution in [0, 0.1) is 30.1 Å².